The highest BCUT2D eigenvalue weighted by Crippen LogP contribution is 2.28. The van der Waals surface area contributed by atoms with E-state index in [1.165, 1.54) is 10.9 Å². The summed E-state index contributed by atoms with van der Waals surface area (Å²) in [7, 11) is 0. The third-order valence-corrected chi connectivity index (χ3v) is 4.85. The van der Waals surface area contributed by atoms with Crippen LogP contribution in [0.4, 0.5) is 5.69 Å². The molecule has 0 amide bonds. The number of aromatic nitrogens is 3. The van der Waals surface area contributed by atoms with E-state index in [9.17, 15) is 4.79 Å². The average molecular weight is 449 g/mol. The van der Waals surface area contributed by atoms with Gasteiger partial charge in [-0.05, 0) is 56.3 Å². The fraction of sp³-hybridized carbons (Fsp3) is 0.240. The Morgan fingerprint density at radius 1 is 1.18 bits per heavy atom. The molecular formula is C25H26N4O4. The molecule has 1 N–H and O–H groups in total. The Hall–Kier alpha value is -4.07. The highest BCUT2D eigenvalue weighted by atomic mass is 16.5. The van der Waals surface area contributed by atoms with Gasteiger partial charge in [-0.15, -0.1) is 5.10 Å². The number of hydrogen-bond donors (Lipinski definition) is 1. The van der Waals surface area contributed by atoms with Crippen LogP contribution in [0.15, 0.2) is 77.5 Å². The number of carbonyl (C=O) groups is 1. The van der Waals surface area contributed by atoms with Crippen molar-refractivity contribution in [3.05, 3.63) is 84.4 Å². The maximum absolute atomic E-state index is 10.9. The molecule has 2 heterocycles. The quantitative estimate of drug-likeness (QED) is 0.378. The average Bonchev–Trinajstić information content (AvgIpc) is 3.50. The highest BCUT2D eigenvalue weighted by molar-refractivity contribution is 5.66. The zero-order valence-electron chi connectivity index (χ0n) is 20.4. The monoisotopic (exact) mass is 448 g/mol. The molecule has 170 valence electrons. The summed E-state index contributed by atoms with van der Waals surface area (Å²) in [6.07, 6.45) is 3.11. The number of para-hydroxylation sites is 1. The van der Waals surface area contributed by atoms with Crippen molar-refractivity contribution in [3.8, 4) is 17.1 Å². The number of benzene rings is 2. The van der Waals surface area contributed by atoms with E-state index in [1.807, 2.05) is 50.2 Å². The van der Waals surface area contributed by atoms with Gasteiger partial charge in [0.25, 0.3) is 0 Å². The lowest BCUT2D eigenvalue weighted by Crippen LogP contribution is -2.30. The molecule has 2 aromatic carbocycles. The second-order valence-corrected chi connectivity index (χ2v) is 7.69. The predicted molar refractivity (Wildman–Crippen MR) is 124 cm³/mol. The molecule has 0 saturated carbocycles. The Morgan fingerprint density at radius 2 is 1.97 bits per heavy atom. The van der Waals surface area contributed by atoms with Crippen LogP contribution >= 0.6 is 0 Å². The molecule has 4 rings (SSSR count). The third-order valence-electron chi connectivity index (χ3n) is 4.85. The van der Waals surface area contributed by atoms with Crippen LogP contribution in [0.2, 0.25) is 0 Å². The van der Waals surface area contributed by atoms with E-state index in [-0.39, 0.29) is 19.2 Å². The molecule has 0 bridgehead atoms. The molecule has 0 spiro atoms. The largest absolute Gasteiger partial charge is 0.487 e. The molecule has 2 aromatic heterocycles. The van der Waals surface area contributed by atoms with Crippen LogP contribution in [0, 0.1) is 0 Å². The lowest BCUT2D eigenvalue weighted by atomic mass is 10.1. The van der Waals surface area contributed by atoms with Crippen molar-refractivity contribution in [3.63, 3.8) is 0 Å². The van der Waals surface area contributed by atoms with Gasteiger partial charge in [0.05, 0.1) is 15.2 Å². The highest BCUT2D eigenvalue weighted by Gasteiger charge is 2.15. The Labute approximate surface area is 194 Å². The van der Waals surface area contributed by atoms with Crippen molar-refractivity contribution in [2.45, 2.75) is 39.5 Å². The van der Waals surface area contributed by atoms with E-state index >= 15 is 0 Å². The number of aliphatic carboxylic acids is 1. The number of nitrogens with zero attached hydrogens (tertiary/aromatic N) is 4. The fourth-order valence-corrected chi connectivity index (χ4v) is 3.31. The second kappa shape index (κ2) is 10.0. The molecule has 8 heteroatoms. The van der Waals surface area contributed by atoms with Gasteiger partial charge >= 0.3 is 5.97 Å². The Kier molecular flexibility index (Phi) is 5.96. The smallest absolute Gasteiger partial charge is 0.325 e. The van der Waals surface area contributed by atoms with Crippen molar-refractivity contribution in [1.29, 1.82) is 0 Å². The maximum atomic E-state index is 10.9. The second-order valence-electron chi connectivity index (χ2n) is 7.69. The first-order valence-electron chi connectivity index (χ1n) is 11.5. The topological polar surface area (TPSA) is 93.6 Å². The first-order chi connectivity index (χ1) is 16.8. The van der Waals surface area contributed by atoms with Gasteiger partial charge in [0.2, 0.25) is 0 Å². The van der Waals surface area contributed by atoms with Gasteiger partial charge in [-0.2, -0.15) is 0 Å². The van der Waals surface area contributed by atoms with E-state index in [0.29, 0.717) is 22.7 Å². The summed E-state index contributed by atoms with van der Waals surface area (Å²) in [4.78, 5) is 12.6. The minimum Gasteiger partial charge on any atom is -0.487 e. The molecule has 33 heavy (non-hydrogen) atoms. The summed E-state index contributed by atoms with van der Waals surface area (Å²) in [5.74, 6) is 0.0877. The first kappa shape index (κ1) is 19.6. The van der Waals surface area contributed by atoms with E-state index in [2.05, 4.69) is 10.3 Å². The summed E-state index contributed by atoms with van der Waals surface area (Å²) < 4.78 is 30.8. The van der Waals surface area contributed by atoms with E-state index < -0.39 is 12.5 Å². The van der Waals surface area contributed by atoms with Gasteiger partial charge in [0, 0.05) is 29.4 Å². The fourth-order valence-electron chi connectivity index (χ4n) is 3.31. The minimum absolute atomic E-state index is 0.0201. The number of hydrogen-bond acceptors (Lipinski definition) is 6. The van der Waals surface area contributed by atoms with Crippen molar-refractivity contribution in [2.24, 2.45) is 0 Å². The van der Waals surface area contributed by atoms with Crippen molar-refractivity contribution in [1.82, 2.24) is 15.0 Å². The van der Waals surface area contributed by atoms with Crippen LogP contribution in [0.3, 0.4) is 0 Å². The number of carboxylic acids is 1. The number of anilines is 1. The van der Waals surface area contributed by atoms with Gasteiger partial charge < -0.3 is 19.2 Å². The van der Waals surface area contributed by atoms with Crippen LogP contribution in [0.5, 0.6) is 5.75 Å². The Balaban J connectivity index is 1.58. The number of rotatable bonds is 10. The van der Waals surface area contributed by atoms with Gasteiger partial charge in [0.15, 0.2) is 0 Å². The standard InChI is InChI=1S/C25H26N4O4/c1-18(2)29(22-11-9-19(10-12-22)23-8-5-13-32-23)14-20-6-3-4-7-24(20)33-17-21-15-28(27-26-21)16-25(30)31/h3-13,15,18H,14,16-17H2,1-2H3,(H,30,31)/i14D2. The van der Waals surface area contributed by atoms with Crippen LogP contribution in [0.1, 0.15) is 27.8 Å². The Morgan fingerprint density at radius 3 is 2.67 bits per heavy atom. The SMILES string of the molecule is [2H]C([2H])(c1ccccc1OCc1cn(CC(=O)O)nn1)N(c1ccc(-c2ccco2)cc1)C(C)C. The van der Waals surface area contributed by atoms with E-state index in [1.54, 1.807) is 35.4 Å². The zero-order valence-corrected chi connectivity index (χ0v) is 18.4. The summed E-state index contributed by atoms with van der Waals surface area (Å²) in [6, 6.07) is 18.0. The zero-order chi connectivity index (χ0) is 25.0. The van der Waals surface area contributed by atoms with Crippen molar-refractivity contribution in [2.75, 3.05) is 4.90 Å². The molecular weight excluding hydrogens is 420 g/mol. The minimum atomic E-state index is -1.90. The normalized spacial score (nSPS) is 12.3. The molecule has 8 nitrogen and oxygen atoms in total. The van der Waals surface area contributed by atoms with Gasteiger partial charge in [-0.25, -0.2) is 4.68 Å². The first-order valence-corrected chi connectivity index (χ1v) is 10.5. The number of furan rings is 1. The molecule has 0 fully saturated rings. The maximum Gasteiger partial charge on any atom is 0.325 e. The molecule has 0 radical (unpaired) electrons. The molecule has 4 aromatic rings. The molecule has 0 unspecified atom stereocenters. The van der Waals surface area contributed by atoms with Gasteiger partial charge in [0.1, 0.15) is 30.4 Å². The summed E-state index contributed by atoms with van der Waals surface area (Å²) >= 11 is 0. The van der Waals surface area contributed by atoms with Crippen LogP contribution in [-0.4, -0.2) is 32.1 Å². The molecule has 0 aliphatic rings. The lowest BCUT2D eigenvalue weighted by Gasteiger charge is -2.30. The van der Waals surface area contributed by atoms with E-state index in [4.69, 9.17) is 17.0 Å². The lowest BCUT2D eigenvalue weighted by molar-refractivity contribution is -0.137. The predicted octanol–water partition coefficient (Wildman–Crippen LogP) is 4.62. The van der Waals surface area contributed by atoms with Crippen LogP contribution in [-0.2, 0) is 24.4 Å². The summed E-state index contributed by atoms with van der Waals surface area (Å²) in [5.41, 5.74) is 2.42. The Bertz CT molecular complexity index is 1270. The molecule has 0 saturated heterocycles. The summed E-state index contributed by atoms with van der Waals surface area (Å²) in [5, 5.41) is 16.6. The van der Waals surface area contributed by atoms with Crippen LogP contribution in [0.25, 0.3) is 11.3 Å². The van der Waals surface area contributed by atoms with Gasteiger partial charge in [-0.1, -0.05) is 23.4 Å². The molecule has 0 aliphatic heterocycles. The number of ether oxygens (including phenoxy) is 1. The van der Waals surface area contributed by atoms with Crippen LogP contribution < -0.4 is 9.64 Å². The van der Waals surface area contributed by atoms with E-state index in [0.717, 1.165) is 11.3 Å². The number of carboxylic acid groups (broad SMARTS) is 1. The molecule has 0 atom stereocenters. The molecule has 0 aliphatic carbocycles. The third kappa shape index (κ3) is 5.60. The van der Waals surface area contributed by atoms with Gasteiger partial charge in [-0.3, -0.25) is 4.79 Å². The summed E-state index contributed by atoms with van der Waals surface area (Å²) in [6.45, 7) is 1.68. The van der Waals surface area contributed by atoms with Crippen molar-refractivity contribution < 1.29 is 21.8 Å². The van der Waals surface area contributed by atoms with Crippen molar-refractivity contribution >= 4 is 11.7 Å².